The van der Waals surface area contributed by atoms with Crippen LogP contribution >= 0.6 is 0 Å². The zero-order chi connectivity index (χ0) is 20.6. The molecule has 2 atom stereocenters. The summed E-state index contributed by atoms with van der Waals surface area (Å²) in [5.74, 6) is -0.299. The van der Waals surface area contributed by atoms with Gasteiger partial charge in [-0.3, -0.25) is 4.79 Å². The molecule has 2 unspecified atom stereocenters. The van der Waals surface area contributed by atoms with Gasteiger partial charge in [-0.1, -0.05) is 24.3 Å². The van der Waals surface area contributed by atoms with Crippen LogP contribution in [-0.4, -0.2) is 48.1 Å². The zero-order valence-electron chi connectivity index (χ0n) is 16.1. The van der Waals surface area contributed by atoms with Crippen molar-refractivity contribution in [3.8, 4) is 11.5 Å². The number of ether oxygens (including phenoxy) is 2. The number of aliphatic hydroxyl groups is 1. The molecular weight excluding hydrogens is 377 g/mol. The van der Waals surface area contributed by atoms with E-state index in [1.54, 1.807) is 12.1 Å². The highest BCUT2D eigenvalue weighted by Gasteiger charge is 2.20. The summed E-state index contributed by atoms with van der Waals surface area (Å²) in [4.78, 5) is 10.7. The van der Waals surface area contributed by atoms with Gasteiger partial charge in [0.15, 0.2) is 11.6 Å². The number of halogens is 1. The van der Waals surface area contributed by atoms with E-state index in [9.17, 15) is 14.3 Å². The summed E-state index contributed by atoms with van der Waals surface area (Å²) in [7, 11) is 0. The Morgan fingerprint density at radius 1 is 1.31 bits per heavy atom. The fourth-order valence-corrected chi connectivity index (χ4v) is 3.27. The minimum Gasteiger partial charge on any atom is -0.489 e. The Kier molecular flexibility index (Phi) is 7.43. The summed E-state index contributed by atoms with van der Waals surface area (Å²) in [5, 5.41) is 22.0. The molecule has 29 heavy (non-hydrogen) atoms. The van der Waals surface area contributed by atoms with Gasteiger partial charge >= 0.3 is 5.97 Å². The molecule has 0 spiro atoms. The van der Waals surface area contributed by atoms with Crippen molar-refractivity contribution < 1.29 is 28.9 Å². The number of carboxylic acid groups (broad SMARTS) is 1. The molecule has 6 nitrogen and oxygen atoms in total. The molecule has 2 aromatic rings. The van der Waals surface area contributed by atoms with Gasteiger partial charge in [0.25, 0.3) is 0 Å². The van der Waals surface area contributed by atoms with Crippen molar-refractivity contribution in [1.82, 2.24) is 5.32 Å². The molecule has 0 amide bonds. The van der Waals surface area contributed by atoms with E-state index in [2.05, 4.69) is 5.32 Å². The molecule has 1 aliphatic heterocycles. The molecule has 3 N–H and O–H groups in total. The average molecular weight is 403 g/mol. The number of hydrogen-bond acceptors (Lipinski definition) is 5. The van der Waals surface area contributed by atoms with E-state index in [-0.39, 0.29) is 24.9 Å². The first-order chi connectivity index (χ1) is 14.0. The Morgan fingerprint density at radius 2 is 2.14 bits per heavy atom. The number of nitrogens with one attached hydrogen (secondary N) is 1. The molecule has 0 radical (unpaired) electrons. The predicted octanol–water partition coefficient (Wildman–Crippen LogP) is 2.57. The molecular formula is C22H26FNO5. The third kappa shape index (κ3) is 6.44. The van der Waals surface area contributed by atoms with Crippen LogP contribution in [0.3, 0.4) is 0 Å². The first-order valence-corrected chi connectivity index (χ1v) is 9.77. The topological polar surface area (TPSA) is 88.0 Å². The summed E-state index contributed by atoms with van der Waals surface area (Å²) in [6, 6.07) is 11.9. The second-order valence-electron chi connectivity index (χ2n) is 7.17. The summed E-state index contributed by atoms with van der Waals surface area (Å²) in [6.07, 6.45) is 1.57. The second kappa shape index (κ2) is 10.2. The van der Waals surface area contributed by atoms with Crippen molar-refractivity contribution in [3.63, 3.8) is 0 Å². The van der Waals surface area contributed by atoms with Gasteiger partial charge in [-0.25, -0.2) is 4.39 Å². The fraction of sp³-hybridized carbons (Fsp3) is 0.409. The maximum Gasteiger partial charge on any atom is 0.303 e. The van der Waals surface area contributed by atoms with Gasteiger partial charge in [-0.2, -0.15) is 0 Å². The first kappa shape index (κ1) is 21.1. The molecule has 0 fully saturated rings. The van der Waals surface area contributed by atoms with E-state index in [1.165, 1.54) is 12.1 Å². The lowest BCUT2D eigenvalue weighted by Gasteiger charge is -2.27. The van der Waals surface area contributed by atoms with Crippen LogP contribution in [-0.2, 0) is 17.6 Å². The maximum absolute atomic E-state index is 13.5. The number of rotatable bonds is 10. The van der Waals surface area contributed by atoms with E-state index in [4.69, 9.17) is 14.6 Å². The van der Waals surface area contributed by atoms with E-state index < -0.39 is 17.9 Å². The molecule has 0 aliphatic carbocycles. The Labute approximate surface area is 169 Å². The first-order valence-electron chi connectivity index (χ1n) is 9.77. The van der Waals surface area contributed by atoms with Gasteiger partial charge in [-0.05, 0) is 48.6 Å². The zero-order valence-corrected chi connectivity index (χ0v) is 16.1. The van der Waals surface area contributed by atoms with Crippen molar-refractivity contribution in [2.75, 3.05) is 19.7 Å². The maximum atomic E-state index is 13.5. The van der Waals surface area contributed by atoms with E-state index in [1.807, 2.05) is 18.2 Å². The summed E-state index contributed by atoms with van der Waals surface area (Å²) in [6.45, 7) is 0.896. The van der Waals surface area contributed by atoms with Gasteiger partial charge in [0, 0.05) is 19.5 Å². The molecule has 1 heterocycles. The van der Waals surface area contributed by atoms with Crippen LogP contribution in [0.15, 0.2) is 42.5 Å². The van der Waals surface area contributed by atoms with Gasteiger partial charge in [-0.15, -0.1) is 0 Å². The Morgan fingerprint density at radius 3 is 2.93 bits per heavy atom. The summed E-state index contributed by atoms with van der Waals surface area (Å²) in [5.41, 5.74) is 2.10. The molecule has 0 aromatic heterocycles. The molecule has 3 rings (SSSR count). The normalized spacial score (nSPS) is 16.6. The van der Waals surface area contributed by atoms with E-state index >= 15 is 0 Å². The van der Waals surface area contributed by atoms with Gasteiger partial charge in [0.2, 0.25) is 0 Å². The third-order valence-electron chi connectivity index (χ3n) is 4.80. The molecule has 156 valence electrons. The Bertz CT molecular complexity index is 829. The van der Waals surface area contributed by atoms with E-state index in [0.717, 1.165) is 29.7 Å². The third-order valence-corrected chi connectivity index (χ3v) is 4.80. The average Bonchev–Trinajstić information content (AvgIpc) is 2.71. The van der Waals surface area contributed by atoms with Crippen molar-refractivity contribution >= 4 is 5.97 Å². The number of fused-ring (bicyclic) bond motifs is 1. The molecule has 1 aliphatic rings. The molecule has 7 heteroatoms. The molecule has 0 saturated heterocycles. The van der Waals surface area contributed by atoms with E-state index in [0.29, 0.717) is 19.5 Å². The number of benzene rings is 2. The number of aliphatic carboxylic acids is 1. The molecule has 0 bridgehead atoms. The number of aliphatic hydroxyl groups excluding tert-OH is 1. The van der Waals surface area contributed by atoms with Crippen molar-refractivity contribution in [3.05, 3.63) is 59.4 Å². The fourth-order valence-electron chi connectivity index (χ4n) is 3.27. The second-order valence-corrected chi connectivity index (χ2v) is 7.17. The van der Waals surface area contributed by atoms with Gasteiger partial charge in [0.05, 0.1) is 0 Å². The number of hydrogen-bond donors (Lipinski definition) is 3. The SMILES string of the molecule is O=C(O)CCc1ccc2c(c1)CCC(CNCC(O)COc1ccccc1F)O2. The van der Waals surface area contributed by atoms with Gasteiger partial charge in [0.1, 0.15) is 24.6 Å². The van der Waals surface area contributed by atoms with Crippen LogP contribution in [0, 0.1) is 5.82 Å². The molecule has 2 aromatic carbocycles. The minimum absolute atomic E-state index is 0.00140. The Hall–Kier alpha value is -2.64. The smallest absolute Gasteiger partial charge is 0.303 e. The van der Waals surface area contributed by atoms with Crippen LogP contribution in [0.25, 0.3) is 0 Å². The largest absolute Gasteiger partial charge is 0.489 e. The summed E-state index contributed by atoms with van der Waals surface area (Å²) < 4.78 is 24.8. The van der Waals surface area contributed by atoms with Crippen LogP contribution in [0.5, 0.6) is 11.5 Å². The number of aryl methyl sites for hydroxylation is 2. The standard InChI is InChI=1S/C22H26FNO5/c23-19-3-1-2-4-21(19)28-14-17(25)12-24-13-18-8-7-16-11-15(6-10-22(26)27)5-9-20(16)29-18/h1-5,9,11,17-18,24-25H,6-8,10,12-14H2,(H,26,27). The van der Waals surface area contributed by atoms with Gasteiger partial charge < -0.3 is 25.0 Å². The number of carboxylic acids is 1. The van der Waals surface area contributed by atoms with Crippen LogP contribution in [0.4, 0.5) is 4.39 Å². The monoisotopic (exact) mass is 403 g/mol. The lowest BCUT2D eigenvalue weighted by atomic mass is 9.98. The van der Waals surface area contributed by atoms with Crippen LogP contribution in [0.2, 0.25) is 0 Å². The Balaban J connectivity index is 1.39. The van der Waals surface area contributed by atoms with Crippen molar-refractivity contribution in [2.45, 2.75) is 37.9 Å². The highest BCUT2D eigenvalue weighted by Crippen LogP contribution is 2.28. The summed E-state index contributed by atoms with van der Waals surface area (Å²) >= 11 is 0. The van der Waals surface area contributed by atoms with Crippen molar-refractivity contribution in [2.24, 2.45) is 0 Å². The highest BCUT2D eigenvalue weighted by atomic mass is 19.1. The minimum atomic E-state index is -0.799. The molecule has 0 saturated carbocycles. The van der Waals surface area contributed by atoms with Crippen molar-refractivity contribution in [1.29, 1.82) is 0 Å². The predicted molar refractivity (Wildman–Crippen MR) is 106 cm³/mol. The van der Waals surface area contributed by atoms with Crippen LogP contribution < -0.4 is 14.8 Å². The number of carbonyl (C=O) groups is 1. The van der Waals surface area contributed by atoms with Crippen LogP contribution in [0.1, 0.15) is 24.0 Å². The lowest BCUT2D eigenvalue weighted by Crippen LogP contribution is -2.39. The lowest BCUT2D eigenvalue weighted by molar-refractivity contribution is -0.136. The quantitative estimate of drug-likeness (QED) is 0.565. The highest BCUT2D eigenvalue weighted by molar-refractivity contribution is 5.67. The number of para-hydroxylation sites is 1.